The lowest BCUT2D eigenvalue weighted by molar-refractivity contribution is 0.0862. The Morgan fingerprint density at radius 1 is 1.11 bits per heavy atom. The third kappa shape index (κ3) is 2.89. The number of rotatable bonds is 5. The monoisotopic (exact) mass is 253 g/mol. The van der Waals surface area contributed by atoms with Crippen molar-refractivity contribution >= 4 is 0 Å². The van der Waals surface area contributed by atoms with E-state index in [-0.39, 0.29) is 0 Å². The fraction of sp³-hybridized carbons (Fsp3) is 1.00. The van der Waals surface area contributed by atoms with Crippen LogP contribution in [0, 0.1) is 5.92 Å². The molecule has 0 heterocycles. The predicted molar refractivity (Wildman–Crippen MR) is 77.2 cm³/mol. The summed E-state index contributed by atoms with van der Waals surface area (Å²) >= 11 is 0. The highest BCUT2D eigenvalue weighted by Gasteiger charge is 2.43. The average Bonchev–Trinajstić information content (AvgIpc) is 2.87. The van der Waals surface area contributed by atoms with Gasteiger partial charge in [0.1, 0.15) is 0 Å². The van der Waals surface area contributed by atoms with Crippen molar-refractivity contribution in [1.29, 1.82) is 0 Å². The fourth-order valence-electron chi connectivity index (χ4n) is 4.29. The van der Waals surface area contributed by atoms with Crippen molar-refractivity contribution in [3.05, 3.63) is 0 Å². The third-order valence-electron chi connectivity index (χ3n) is 5.50. The number of nitrogens with two attached hydrogens (primary N) is 1. The highest BCUT2D eigenvalue weighted by Crippen LogP contribution is 2.40. The van der Waals surface area contributed by atoms with E-state index in [4.69, 9.17) is 5.84 Å². The lowest BCUT2D eigenvalue weighted by Gasteiger charge is -2.44. The zero-order valence-electron chi connectivity index (χ0n) is 12.3. The van der Waals surface area contributed by atoms with E-state index in [1.807, 2.05) is 0 Å². The Bertz CT molecular complexity index is 240. The minimum atomic E-state index is 0.312. The number of likely N-dealkylation sites (N-methyl/N-ethyl adjacent to an activating group) is 1. The van der Waals surface area contributed by atoms with Gasteiger partial charge in [-0.1, -0.05) is 44.9 Å². The SMILES string of the molecule is CN(C)C1(C(CC2CCCCC2)NN)CCCC1. The van der Waals surface area contributed by atoms with Crippen LogP contribution in [-0.2, 0) is 0 Å². The summed E-state index contributed by atoms with van der Waals surface area (Å²) in [4.78, 5) is 2.44. The van der Waals surface area contributed by atoms with Crippen LogP contribution in [0.5, 0.6) is 0 Å². The molecule has 0 aromatic carbocycles. The zero-order chi connectivity index (χ0) is 13.0. The first-order chi connectivity index (χ1) is 8.69. The second kappa shape index (κ2) is 6.36. The first-order valence-electron chi connectivity index (χ1n) is 7.82. The van der Waals surface area contributed by atoms with E-state index < -0.39 is 0 Å². The Kier molecular flexibility index (Phi) is 5.05. The molecule has 0 aromatic rings. The average molecular weight is 253 g/mol. The number of hydrogen-bond acceptors (Lipinski definition) is 3. The van der Waals surface area contributed by atoms with Crippen LogP contribution in [-0.4, -0.2) is 30.6 Å². The van der Waals surface area contributed by atoms with Crippen molar-refractivity contribution in [2.45, 2.75) is 75.8 Å². The van der Waals surface area contributed by atoms with Gasteiger partial charge in [-0.2, -0.15) is 0 Å². The highest BCUT2D eigenvalue weighted by atomic mass is 15.3. The summed E-state index contributed by atoms with van der Waals surface area (Å²) in [5, 5.41) is 0. The molecule has 2 saturated carbocycles. The Balaban J connectivity index is 2.01. The molecule has 1 unspecified atom stereocenters. The number of hydrazine groups is 1. The van der Waals surface area contributed by atoms with Gasteiger partial charge in [0, 0.05) is 11.6 Å². The second-order valence-corrected chi connectivity index (χ2v) is 6.66. The van der Waals surface area contributed by atoms with Crippen molar-refractivity contribution in [1.82, 2.24) is 10.3 Å². The number of hydrogen-bond donors (Lipinski definition) is 2. The first-order valence-corrected chi connectivity index (χ1v) is 7.82. The zero-order valence-corrected chi connectivity index (χ0v) is 12.3. The molecule has 0 spiro atoms. The topological polar surface area (TPSA) is 41.3 Å². The molecule has 1 atom stereocenters. The maximum absolute atomic E-state index is 5.92. The predicted octanol–water partition coefficient (Wildman–Crippen LogP) is 2.66. The van der Waals surface area contributed by atoms with E-state index in [0.717, 1.165) is 5.92 Å². The van der Waals surface area contributed by atoms with Gasteiger partial charge >= 0.3 is 0 Å². The van der Waals surface area contributed by atoms with E-state index in [0.29, 0.717) is 11.6 Å². The lowest BCUT2D eigenvalue weighted by atomic mass is 9.77. The Hall–Kier alpha value is -0.120. The van der Waals surface area contributed by atoms with Crippen molar-refractivity contribution in [2.24, 2.45) is 11.8 Å². The molecule has 0 saturated heterocycles. The molecule has 0 aliphatic heterocycles. The number of nitrogens with zero attached hydrogens (tertiary/aromatic N) is 1. The van der Waals surface area contributed by atoms with Gasteiger partial charge in [-0.15, -0.1) is 0 Å². The summed E-state index contributed by atoms with van der Waals surface area (Å²) in [7, 11) is 4.47. The van der Waals surface area contributed by atoms with Gasteiger partial charge in [0.2, 0.25) is 0 Å². The lowest BCUT2D eigenvalue weighted by Crippen LogP contribution is -2.59. The Labute approximate surface area is 112 Å². The normalized spacial score (nSPS) is 26.7. The Morgan fingerprint density at radius 3 is 2.22 bits per heavy atom. The molecule has 3 nitrogen and oxygen atoms in total. The number of nitrogens with one attached hydrogen (secondary N) is 1. The van der Waals surface area contributed by atoms with Gasteiger partial charge in [0.15, 0.2) is 0 Å². The summed E-state index contributed by atoms with van der Waals surface area (Å²) in [6, 6.07) is 0.470. The van der Waals surface area contributed by atoms with Crippen molar-refractivity contribution in [2.75, 3.05) is 14.1 Å². The maximum Gasteiger partial charge on any atom is 0.0397 e. The quantitative estimate of drug-likeness (QED) is 0.584. The summed E-state index contributed by atoms with van der Waals surface area (Å²) in [6.07, 6.45) is 13.7. The molecule has 2 aliphatic rings. The Morgan fingerprint density at radius 2 is 1.72 bits per heavy atom. The van der Waals surface area contributed by atoms with Crippen LogP contribution in [0.2, 0.25) is 0 Å². The summed E-state index contributed by atoms with van der Waals surface area (Å²) in [6.45, 7) is 0. The highest BCUT2D eigenvalue weighted by molar-refractivity contribution is 5.02. The molecule has 2 aliphatic carbocycles. The van der Waals surface area contributed by atoms with Crippen molar-refractivity contribution < 1.29 is 0 Å². The van der Waals surface area contributed by atoms with Gasteiger partial charge < -0.3 is 4.90 Å². The molecular weight excluding hydrogens is 222 g/mol. The fourth-order valence-corrected chi connectivity index (χ4v) is 4.29. The summed E-state index contributed by atoms with van der Waals surface area (Å²) in [5.41, 5.74) is 3.48. The molecule has 0 bridgehead atoms. The standard InChI is InChI=1S/C15H31N3/c1-18(2)15(10-6-7-11-15)14(17-16)12-13-8-4-3-5-9-13/h13-14,17H,3-12,16H2,1-2H3. The van der Waals surface area contributed by atoms with Crippen LogP contribution in [0.1, 0.15) is 64.2 Å². The van der Waals surface area contributed by atoms with E-state index in [2.05, 4.69) is 24.4 Å². The van der Waals surface area contributed by atoms with Crippen LogP contribution in [0.4, 0.5) is 0 Å². The van der Waals surface area contributed by atoms with Crippen LogP contribution in [0.25, 0.3) is 0 Å². The van der Waals surface area contributed by atoms with E-state index >= 15 is 0 Å². The molecule has 0 aromatic heterocycles. The van der Waals surface area contributed by atoms with Gasteiger partial charge in [0.05, 0.1) is 0 Å². The molecule has 0 radical (unpaired) electrons. The maximum atomic E-state index is 5.92. The molecule has 106 valence electrons. The smallest absolute Gasteiger partial charge is 0.0397 e. The molecule has 2 fully saturated rings. The molecule has 3 heteroatoms. The largest absolute Gasteiger partial charge is 0.302 e. The van der Waals surface area contributed by atoms with Gasteiger partial charge in [-0.05, 0) is 39.3 Å². The van der Waals surface area contributed by atoms with E-state index in [1.54, 1.807) is 0 Å². The molecular formula is C15H31N3. The van der Waals surface area contributed by atoms with Gasteiger partial charge in [-0.25, -0.2) is 0 Å². The third-order valence-corrected chi connectivity index (χ3v) is 5.50. The van der Waals surface area contributed by atoms with E-state index in [9.17, 15) is 0 Å². The summed E-state index contributed by atoms with van der Waals surface area (Å²) in [5.74, 6) is 6.82. The molecule has 18 heavy (non-hydrogen) atoms. The van der Waals surface area contributed by atoms with Crippen molar-refractivity contribution in [3.8, 4) is 0 Å². The van der Waals surface area contributed by atoms with Crippen LogP contribution in [0.15, 0.2) is 0 Å². The van der Waals surface area contributed by atoms with E-state index in [1.165, 1.54) is 64.2 Å². The minimum absolute atomic E-state index is 0.312. The van der Waals surface area contributed by atoms with Gasteiger partial charge in [0.25, 0.3) is 0 Å². The minimum Gasteiger partial charge on any atom is -0.302 e. The second-order valence-electron chi connectivity index (χ2n) is 6.66. The molecule has 2 rings (SSSR count). The summed E-state index contributed by atoms with van der Waals surface area (Å²) < 4.78 is 0. The van der Waals surface area contributed by atoms with Crippen LogP contribution in [0.3, 0.4) is 0 Å². The van der Waals surface area contributed by atoms with Gasteiger partial charge in [-0.3, -0.25) is 11.3 Å². The molecule has 3 N–H and O–H groups in total. The van der Waals surface area contributed by atoms with Crippen molar-refractivity contribution in [3.63, 3.8) is 0 Å². The first kappa shape index (κ1) is 14.3. The molecule has 0 amide bonds. The van der Waals surface area contributed by atoms with Crippen LogP contribution >= 0.6 is 0 Å². The van der Waals surface area contributed by atoms with Crippen LogP contribution < -0.4 is 11.3 Å².